The summed E-state index contributed by atoms with van der Waals surface area (Å²) in [5.74, 6) is 0.567. The summed E-state index contributed by atoms with van der Waals surface area (Å²) in [4.78, 5) is 14.9. The summed E-state index contributed by atoms with van der Waals surface area (Å²) >= 11 is 9.32. The first-order valence-corrected chi connectivity index (χ1v) is 9.36. The number of rotatable bonds is 5. The lowest BCUT2D eigenvalue weighted by atomic mass is 10.0. The van der Waals surface area contributed by atoms with E-state index in [9.17, 15) is 4.79 Å². The average molecular weight is 402 g/mol. The van der Waals surface area contributed by atoms with Gasteiger partial charge in [0.2, 0.25) is 0 Å². The lowest BCUT2D eigenvalue weighted by molar-refractivity contribution is -0.128. The summed E-state index contributed by atoms with van der Waals surface area (Å²) in [5.41, 5.74) is 0. The third kappa shape index (κ3) is 4.61. The predicted molar refractivity (Wildman–Crippen MR) is 95.0 cm³/mol. The Kier molecular flexibility index (Phi) is 5.49. The molecule has 0 bridgehead atoms. The van der Waals surface area contributed by atoms with Crippen LogP contribution in [-0.4, -0.2) is 42.1 Å². The van der Waals surface area contributed by atoms with Gasteiger partial charge in [-0.05, 0) is 66.7 Å². The van der Waals surface area contributed by atoms with Gasteiger partial charge in [-0.3, -0.25) is 4.79 Å². The second kappa shape index (κ2) is 7.41. The van der Waals surface area contributed by atoms with Crippen LogP contribution in [0.15, 0.2) is 22.7 Å². The van der Waals surface area contributed by atoms with Gasteiger partial charge in [-0.15, -0.1) is 0 Å². The molecular weight excluding hydrogens is 380 g/mol. The topological polar surface area (TPSA) is 41.6 Å². The van der Waals surface area contributed by atoms with Gasteiger partial charge in [0.05, 0.1) is 4.47 Å². The highest BCUT2D eigenvalue weighted by Crippen LogP contribution is 2.30. The van der Waals surface area contributed by atoms with Gasteiger partial charge in [-0.25, -0.2) is 0 Å². The van der Waals surface area contributed by atoms with E-state index in [0.717, 1.165) is 36.4 Å². The molecule has 0 aromatic heterocycles. The minimum absolute atomic E-state index is 0.0586. The van der Waals surface area contributed by atoms with Crippen LogP contribution in [-0.2, 0) is 4.79 Å². The molecule has 1 aliphatic heterocycles. The van der Waals surface area contributed by atoms with E-state index in [1.807, 2.05) is 0 Å². The van der Waals surface area contributed by atoms with Crippen molar-refractivity contribution < 1.29 is 9.53 Å². The molecule has 0 unspecified atom stereocenters. The first kappa shape index (κ1) is 17.1. The number of ether oxygens (including phenoxy) is 1. The fourth-order valence-corrected chi connectivity index (χ4v) is 3.76. The van der Waals surface area contributed by atoms with Crippen LogP contribution in [0.2, 0.25) is 5.02 Å². The molecule has 3 rings (SSSR count). The molecule has 2 fully saturated rings. The molecule has 23 heavy (non-hydrogen) atoms. The zero-order chi connectivity index (χ0) is 16.4. The van der Waals surface area contributed by atoms with Crippen LogP contribution in [0.3, 0.4) is 0 Å². The highest BCUT2D eigenvalue weighted by atomic mass is 79.9. The normalized spacial score (nSPS) is 21.0. The number of benzene rings is 1. The summed E-state index contributed by atoms with van der Waals surface area (Å²) < 4.78 is 6.50. The zero-order valence-corrected chi connectivity index (χ0v) is 15.6. The van der Waals surface area contributed by atoms with Crippen LogP contribution in [0.25, 0.3) is 0 Å². The molecule has 1 aromatic carbocycles. The van der Waals surface area contributed by atoms with Gasteiger partial charge in [-0.2, -0.15) is 0 Å². The molecule has 1 amide bonds. The standard InChI is InChI=1S/C17H22BrClN2O2/c1-11(23-16-5-2-12(19)10-15(16)18)17(22)20-13-6-8-21(9-7-13)14-3-4-14/h2,5,10-11,13-14H,3-4,6-9H2,1H3,(H,20,22)/t11-/m0/s1. The van der Waals surface area contributed by atoms with E-state index in [1.54, 1.807) is 25.1 Å². The molecule has 1 saturated carbocycles. The number of likely N-dealkylation sites (tertiary alicyclic amines) is 1. The maximum atomic E-state index is 12.3. The van der Waals surface area contributed by atoms with Gasteiger partial charge in [0.1, 0.15) is 5.75 Å². The summed E-state index contributed by atoms with van der Waals surface area (Å²) in [6.07, 6.45) is 4.21. The third-order valence-electron chi connectivity index (χ3n) is 4.51. The number of amides is 1. The third-order valence-corrected chi connectivity index (χ3v) is 5.36. The number of hydrogen-bond donors (Lipinski definition) is 1. The Morgan fingerprint density at radius 3 is 2.65 bits per heavy atom. The van der Waals surface area contributed by atoms with Crippen molar-refractivity contribution in [1.82, 2.24) is 10.2 Å². The molecule has 1 aliphatic carbocycles. The Bertz CT molecular complexity index is 572. The summed E-state index contributed by atoms with van der Waals surface area (Å²) in [5, 5.41) is 3.75. The lowest BCUT2D eigenvalue weighted by Gasteiger charge is -2.32. The maximum absolute atomic E-state index is 12.3. The Labute approximate surface area is 150 Å². The van der Waals surface area contributed by atoms with E-state index in [4.69, 9.17) is 16.3 Å². The molecule has 6 heteroatoms. The molecule has 1 atom stereocenters. The molecule has 4 nitrogen and oxygen atoms in total. The predicted octanol–water partition coefficient (Wildman–Crippen LogP) is 3.61. The second-order valence-electron chi connectivity index (χ2n) is 6.38. The van der Waals surface area contributed by atoms with Crippen molar-refractivity contribution >= 4 is 33.4 Å². The van der Waals surface area contributed by atoms with E-state index in [2.05, 4.69) is 26.1 Å². The van der Waals surface area contributed by atoms with Gasteiger partial charge in [-0.1, -0.05) is 11.6 Å². The minimum atomic E-state index is -0.533. The van der Waals surface area contributed by atoms with E-state index in [0.29, 0.717) is 10.8 Å². The van der Waals surface area contributed by atoms with Gasteiger partial charge < -0.3 is 15.0 Å². The van der Waals surface area contributed by atoms with E-state index >= 15 is 0 Å². The lowest BCUT2D eigenvalue weighted by Crippen LogP contribution is -2.48. The van der Waals surface area contributed by atoms with Crippen molar-refractivity contribution in [2.45, 2.75) is 50.8 Å². The fourth-order valence-electron chi connectivity index (χ4n) is 2.98. The van der Waals surface area contributed by atoms with E-state index < -0.39 is 6.10 Å². The van der Waals surface area contributed by atoms with Crippen LogP contribution in [0, 0.1) is 0 Å². The number of carbonyl (C=O) groups is 1. The van der Waals surface area contributed by atoms with Crippen molar-refractivity contribution in [2.75, 3.05) is 13.1 Å². The summed E-state index contributed by atoms with van der Waals surface area (Å²) in [7, 11) is 0. The molecule has 0 spiro atoms. The van der Waals surface area contributed by atoms with Crippen molar-refractivity contribution in [2.24, 2.45) is 0 Å². The Hall–Kier alpha value is -0.780. The number of hydrogen-bond acceptors (Lipinski definition) is 3. The highest BCUT2D eigenvalue weighted by Gasteiger charge is 2.32. The quantitative estimate of drug-likeness (QED) is 0.819. The van der Waals surface area contributed by atoms with E-state index in [1.165, 1.54) is 12.8 Å². The molecule has 1 N–H and O–H groups in total. The van der Waals surface area contributed by atoms with Crippen LogP contribution in [0.5, 0.6) is 5.75 Å². The Morgan fingerprint density at radius 2 is 2.04 bits per heavy atom. The summed E-state index contributed by atoms with van der Waals surface area (Å²) in [6, 6.07) is 6.35. The number of halogens is 2. The van der Waals surface area contributed by atoms with Gasteiger partial charge >= 0.3 is 0 Å². The molecule has 126 valence electrons. The first-order chi connectivity index (χ1) is 11.0. The van der Waals surface area contributed by atoms with Crippen LogP contribution >= 0.6 is 27.5 Å². The Balaban J connectivity index is 1.47. The molecule has 1 heterocycles. The number of nitrogens with zero attached hydrogens (tertiary/aromatic N) is 1. The number of carbonyl (C=O) groups excluding carboxylic acids is 1. The SMILES string of the molecule is C[C@H](Oc1ccc(Cl)cc1Br)C(=O)NC1CCN(C2CC2)CC1. The number of piperidine rings is 1. The highest BCUT2D eigenvalue weighted by molar-refractivity contribution is 9.10. The number of nitrogens with one attached hydrogen (secondary N) is 1. The van der Waals surface area contributed by atoms with Crippen molar-refractivity contribution in [1.29, 1.82) is 0 Å². The van der Waals surface area contributed by atoms with Crippen LogP contribution < -0.4 is 10.1 Å². The largest absolute Gasteiger partial charge is 0.480 e. The molecule has 2 aliphatic rings. The molecule has 0 radical (unpaired) electrons. The first-order valence-electron chi connectivity index (χ1n) is 8.19. The van der Waals surface area contributed by atoms with Crippen molar-refractivity contribution in [3.63, 3.8) is 0 Å². The van der Waals surface area contributed by atoms with Crippen molar-refractivity contribution in [3.8, 4) is 5.75 Å². The van der Waals surface area contributed by atoms with E-state index in [-0.39, 0.29) is 11.9 Å². The fraction of sp³-hybridized carbons (Fsp3) is 0.588. The minimum Gasteiger partial charge on any atom is -0.480 e. The van der Waals surface area contributed by atoms with Crippen molar-refractivity contribution in [3.05, 3.63) is 27.7 Å². The molecular formula is C17H22BrClN2O2. The Morgan fingerprint density at radius 1 is 1.35 bits per heavy atom. The smallest absolute Gasteiger partial charge is 0.260 e. The van der Waals surface area contributed by atoms with Gasteiger partial charge in [0.25, 0.3) is 5.91 Å². The maximum Gasteiger partial charge on any atom is 0.260 e. The molecule has 1 saturated heterocycles. The van der Waals surface area contributed by atoms with Gasteiger partial charge in [0, 0.05) is 30.2 Å². The monoisotopic (exact) mass is 400 g/mol. The zero-order valence-electron chi connectivity index (χ0n) is 13.2. The average Bonchev–Trinajstić information content (AvgIpc) is 3.35. The van der Waals surface area contributed by atoms with Crippen LogP contribution in [0.1, 0.15) is 32.6 Å². The summed E-state index contributed by atoms with van der Waals surface area (Å²) in [6.45, 7) is 3.96. The van der Waals surface area contributed by atoms with Gasteiger partial charge in [0.15, 0.2) is 6.10 Å². The second-order valence-corrected chi connectivity index (χ2v) is 7.68. The molecule has 1 aromatic rings. The van der Waals surface area contributed by atoms with Crippen LogP contribution in [0.4, 0.5) is 0 Å².